The standard InChI is InChI=1S/C11H17N3OS/c1-2-7-16-9(5-1)10-13-11(15-14-10)8-4-3-6-12-8/h8-9,12H,1-7H2/t8-,9?/m0/s1. The van der Waals surface area contributed by atoms with Crippen LogP contribution in [0.4, 0.5) is 0 Å². The maximum atomic E-state index is 5.36. The van der Waals surface area contributed by atoms with Crippen molar-refractivity contribution >= 4 is 11.8 Å². The minimum atomic E-state index is 0.301. The fourth-order valence-corrected chi connectivity index (χ4v) is 3.59. The number of hydrogen-bond donors (Lipinski definition) is 1. The Morgan fingerprint density at radius 1 is 1.25 bits per heavy atom. The molecule has 0 amide bonds. The van der Waals surface area contributed by atoms with E-state index < -0.39 is 0 Å². The van der Waals surface area contributed by atoms with Crippen LogP contribution in [-0.2, 0) is 0 Å². The Labute approximate surface area is 99.6 Å². The van der Waals surface area contributed by atoms with Crippen molar-refractivity contribution in [3.8, 4) is 0 Å². The molecular formula is C11H17N3OS. The highest BCUT2D eigenvalue weighted by molar-refractivity contribution is 7.99. The molecule has 16 heavy (non-hydrogen) atoms. The highest BCUT2D eigenvalue weighted by atomic mass is 32.2. The highest BCUT2D eigenvalue weighted by Gasteiger charge is 2.26. The van der Waals surface area contributed by atoms with Gasteiger partial charge in [-0.1, -0.05) is 11.6 Å². The molecule has 0 bridgehead atoms. The third kappa shape index (κ3) is 2.11. The zero-order valence-electron chi connectivity index (χ0n) is 9.32. The monoisotopic (exact) mass is 239 g/mol. The minimum Gasteiger partial charge on any atom is -0.338 e. The number of rotatable bonds is 2. The molecule has 0 aromatic carbocycles. The minimum absolute atomic E-state index is 0.301. The Balaban J connectivity index is 1.71. The molecule has 0 radical (unpaired) electrons. The lowest BCUT2D eigenvalue weighted by molar-refractivity contribution is 0.340. The molecule has 0 spiro atoms. The number of aromatic nitrogens is 2. The fourth-order valence-electron chi connectivity index (χ4n) is 2.36. The van der Waals surface area contributed by atoms with Gasteiger partial charge in [0.1, 0.15) is 0 Å². The molecule has 2 fully saturated rings. The van der Waals surface area contributed by atoms with Crippen LogP contribution >= 0.6 is 11.8 Å². The number of thioether (sulfide) groups is 1. The van der Waals surface area contributed by atoms with Gasteiger partial charge in [-0.2, -0.15) is 16.7 Å². The SMILES string of the molecule is C1CCC(c2noc([C@@H]3CCCN3)n2)SC1. The lowest BCUT2D eigenvalue weighted by Crippen LogP contribution is -2.13. The van der Waals surface area contributed by atoms with Crippen LogP contribution < -0.4 is 5.32 Å². The molecule has 2 aliphatic heterocycles. The molecule has 1 N–H and O–H groups in total. The van der Waals surface area contributed by atoms with E-state index in [1.54, 1.807) is 0 Å². The Bertz CT molecular complexity index is 343. The molecule has 2 saturated heterocycles. The maximum Gasteiger partial charge on any atom is 0.243 e. The molecule has 88 valence electrons. The maximum absolute atomic E-state index is 5.36. The summed E-state index contributed by atoms with van der Waals surface area (Å²) in [6.07, 6.45) is 6.15. The van der Waals surface area contributed by atoms with Gasteiger partial charge in [0.15, 0.2) is 5.82 Å². The van der Waals surface area contributed by atoms with Gasteiger partial charge in [0.05, 0.1) is 11.3 Å². The third-order valence-electron chi connectivity index (χ3n) is 3.28. The first-order chi connectivity index (χ1) is 7.93. The molecule has 0 aliphatic carbocycles. The van der Waals surface area contributed by atoms with Gasteiger partial charge >= 0.3 is 0 Å². The van der Waals surface area contributed by atoms with Gasteiger partial charge in [-0.25, -0.2) is 0 Å². The van der Waals surface area contributed by atoms with Crippen molar-refractivity contribution in [1.82, 2.24) is 15.5 Å². The number of nitrogens with one attached hydrogen (secondary N) is 1. The van der Waals surface area contributed by atoms with Gasteiger partial charge in [0, 0.05) is 0 Å². The van der Waals surface area contributed by atoms with Crippen LogP contribution in [0.5, 0.6) is 0 Å². The van der Waals surface area contributed by atoms with Gasteiger partial charge < -0.3 is 9.84 Å². The van der Waals surface area contributed by atoms with E-state index in [9.17, 15) is 0 Å². The molecule has 1 aromatic rings. The second-order valence-corrected chi connectivity index (χ2v) is 5.81. The van der Waals surface area contributed by atoms with Crippen molar-refractivity contribution < 1.29 is 4.52 Å². The van der Waals surface area contributed by atoms with Gasteiger partial charge in [-0.05, 0) is 38.0 Å². The first-order valence-corrected chi connectivity index (χ1v) is 7.17. The summed E-state index contributed by atoms with van der Waals surface area (Å²) < 4.78 is 5.36. The fraction of sp³-hybridized carbons (Fsp3) is 0.818. The van der Waals surface area contributed by atoms with E-state index in [2.05, 4.69) is 15.5 Å². The van der Waals surface area contributed by atoms with Gasteiger partial charge in [-0.3, -0.25) is 0 Å². The average Bonchev–Trinajstić information content (AvgIpc) is 3.01. The van der Waals surface area contributed by atoms with Crippen LogP contribution in [0.25, 0.3) is 0 Å². The summed E-state index contributed by atoms with van der Waals surface area (Å²) in [5.41, 5.74) is 0. The summed E-state index contributed by atoms with van der Waals surface area (Å²) in [7, 11) is 0. The van der Waals surface area contributed by atoms with Crippen LogP contribution in [0.1, 0.15) is 55.1 Å². The zero-order valence-corrected chi connectivity index (χ0v) is 10.1. The molecule has 5 heteroatoms. The van der Waals surface area contributed by atoms with E-state index >= 15 is 0 Å². The summed E-state index contributed by atoms with van der Waals surface area (Å²) in [6.45, 7) is 1.07. The summed E-state index contributed by atoms with van der Waals surface area (Å²) in [5, 5.41) is 7.99. The zero-order chi connectivity index (χ0) is 10.8. The van der Waals surface area contributed by atoms with Crippen molar-refractivity contribution in [2.24, 2.45) is 0 Å². The Morgan fingerprint density at radius 3 is 3.00 bits per heavy atom. The molecule has 2 aliphatic rings. The molecule has 1 aromatic heterocycles. The Morgan fingerprint density at radius 2 is 2.25 bits per heavy atom. The summed E-state index contributed by atoms with van der Waals surface area (Å²) in [6, 6.07) is 0.301. The van der Waals surface area contributed by atoms with E-state index in [1.165, 1.54) is 31.4 Å². The largest absolute Gasteiger partial charge is 0.338 e. The molecule has 2 atom stereocenters. The van der Waals surface area contributed by atoms with E-state index in [0.717, 1.165) is 24.7 Å². The molecule has 4 nitrogen and oxygen atoms in total. The van der Waals surface area contributed by atoms with E-state index in [-0.39, 0.29) is 0 Å². The van der Waals surface area contributed by atoms with Crippen LogP contribution in [0.2, 0.25) is 0 Å². The van der Waals surface area contributed by atoms with Crippen molar-refractivity contribution in [1.29, 1.82) is 0 Å². The van der Waals surface area contributed by atoms with E-state index in [4.69, 9.17) is 4.52 Å². The summed E-state index contributed by atoms with van der Waals surface area (Å²) in [5.74, 6) is 2.93. The van der Waals surface area contributed by atoms with Crippen molar-refractivity contribution in [2.45, 2.75) is 43.4 Å². The highest BCUT2D eigenvalue weighted by Crippen LogP contribution is 2.37. The summed E-state index contributed by atoms with van der Waals surface area (Å²) in [4.78, 5) is 4.55. The lowest BCUT2D eigenvalue weighted by atomic mass is 10.2. The predicted molar refractivity (Wildman–Crippen MR) is 63.3 cm³/mol. The van der Waals surface area contributed by atoms with Crippen LogP contribution in [-0.4, -0.2) is 22.4 Å². The molecular weight excluding hydrogens is 222 g/mol. The van der Waals surface area contributed by atoms with Gasteiger partial charge in [0.25, 0.3) is 0 Å². The quantitative estimate of drug-likeness (QED) is 0.859. The third-order valence-corrected chi connectivity index (χ3v) is 4.66. The van der Waals surface area contributed by atoms with Crippen LogP contribution in [0.3, 0.4) is 0 Å². The predicted octanol–water partition coefficient (Wildman–Crippen LogP) is 2.45. The average molecular weight is 239 g/mol. The first kappa shape index (κ1) is 10.6. The van der Waals surface area contributed by atoms with Gasteiger partial charge in [-0.15, -0.1) is 0 Å². The normalized spacial score (nSPS) is 30.8. The van der Waals surface area contributed by atoms with Crippen molar-refractivity contribution in [2.75, 3.05) is 12.3 Å². The molecule has 1 unspecified atom stereocenters. The van der Waals surface area contributed by atoms with Crippen LogP contribution in [0.15, 0.2) is 4.52 Å². The second-order valence-electron chi connectivity index (χ2n) is 4.49. The molecule has 3 rings (SSSR count). The molecule has 0 saturated carbocycles. The summed E-state index contributed by atoms with van der Waals surface area (Å²) >= 11 is 1.97. The van der Waals surface area contributed by atoms with E-state index in [0.29, 0.717) is 11.3 Å². The van der Waals surface area contributed by atoms with Crippen molar-refractivity contribution in [3.05, 3.63) is 11.7 Å². The number of nitrogens with zero attached hydrogens (tertiary/aromatic N) is 2. The first-order valence-electron chi connectivity index (χ1n) is 6.12. The molecule has 3 heterocycles. The lowest BCUT2D eigenvalue weighted by Gasteiger charge is -2.17. The topological polar surface area (TPSA) is 51.0 Å². The van der Waals surface area contributed by atoms with Crippen molar-refractivity contribution in [3.63, 3.8) is 0 Å². The van der Waals surface area contributed by atoms with E-state index in [1.807, 2.05) is 11.8 Å². The smallest absolute Gasteiger partial charge is 0.243 e. The number of hydrogen-bond acceptors (Lipinski definition) is 5. The van der Waals surface area contributed by atoms with Gasteiger partial charge in [0.2, 0.25) is 5.89 Å². The van der Waals surface area contributed by atoms with Crippen LogP contribution in [0, 0.1) is 0 Å². The second kappa shape index (κ2) is 4.75. The Hall–Kier alpha value is -0.550. The Kier molecular flexibility index (Phi) is 3.15.